The van der Waals surface area contributed by atoms with Gasteiger partial charge in [0.15, 0.2) is 0 Å². The Morgan fingerprint density at radius 1 is 0.962 bits per heavy atom. The predicted octanol–water partition coefficient (Wildman–Crippen LogP) is 6.80. The molecule has 2 aromatic rings. The van der Waals surface area contributed by atoms with Crippen LogP contribution in [0, 0.1) is 13.8 Å². The van der Waals surface area contributed by atoms with Crippen molar-refractivity contribution in [2.75, 3.05) is 11.4 Å². The zero-order valence-corrected chi connectivity index (χ0v) is 17.1. The SMILES string of the molecule is CCCc1ccc2c(c1)N(CCC)C(c1cc(C)cc(C)c1CC)C=C2. The van der Waals surface area contributed by atoms with Crippen LogP contribution in [-0.2, 0) is 12.8 Å². The van der Waals surface area contributed by atoms with Gasteiger partial charge in [-0.05, 0) is 67.0 Å². The summed E-state index contributed by atoms with van der Waals surface area (Å²) in [6.45, 7) is 12.4. The lowest BCUT2D eigenvalue weighted by molar-refractivity contribution is 0.693. The number of anilines is 1. The molecule has 0 aliphatic carbocycles. The molecule has 1 aliphatic heterocycles. The smallest absolute Gasteiger partial charge is 0.0732 e. The van der Waals surface area contributed by atoms with Gasteiger partial charge in [0.25, 0.3) is 0 Å². The molecule has 2 aromatic carbocycles. The van der Waals surface area contributed by atoms with Crippen LogP contribution in [-0.4, -0.2) is 6.54 Å². The largest absolute Gasteiger partial charge is 0.360 e. The van der Waals surface area contributed by atoms with E-state index in [1.54, 1.807) is 0 Å². The summed E-state index contributed by atoms with van der Waals surface area (Å²) in [6.07, 6.45) is 9.35. The van der Waals surface area contributed by atoms with E-state index in [1.165, 1.54) is 45.5 Å². The molecule has 0 bridgehead atoms. The highest BCUT2D eigenvalue weighted by atomic mass is 15.2. The number of hydrogen-bond acceptors (Lipinski definition) is 1. The van der Waals surface area contributed by atoms with E-state index in [4.69, 9.17) is 0 Å². The Balaban J connectivity index is 2.11. The second kappa shape index (κ2) is 8.12. The van der Waals surface area contributed by atoms with E-state index in [-0.39, 0.29) is 0 Å². The van der Waals surface area contributed by atoms with Crippen molar-refractivity contribution in [2.24, 2.45) is 0 Å². The Morgan fingerprint density at radius 2 is 1.77 bits per heavy atom. The van der Waals surface area contributed by atoms with Crippen LogP contribution < -0.4 is 4.90 Å². The summed E-state index contributed by atoms with van der Waals surface area (Å²) in [7, 11) is 0. The van der Waals surface area contributed by atoms with Crippen molar-refractivity contribution in [1.29, 1.82) is 0 Å². The van der Waals surface area contributed by atoms with Gasteiger partial charge in [-0.25, -0.2) is 0 Å². The van der Waals surface area contributed by atoms with Gasteiger partial charge in [-0.1, -0.05) is 69.2 Å². The second-order valence-electron chi connectivity index (χ2n) is 7.64. The van der Waals surface area contributed by atoms with E-state index in [0.717, 1.165) is 25.8 Å². The molecule has 0 spiro atoms. The maximum absolute atomic E-state index is 2.63. The molecule has 0 amide bonds. The standard InChI is InChI=1S/C25H33N/c1-6-9-20-10-11-21-12-13-24(26(14-7-2)25(21)17-20)23-16-18(4)15-19(5)22(23)8-3/h10-13,15-17,24H,6-9,14H2,1-5H3. The molecular weight excluding hydrogens is 314 g/mol. The topological polar surface area (TPSA) is 3.24 Å². The highest BCUT2D eigenvalue weighted by molar-refractivity contribution is 5.74. The van der Waals surface area contributed by atoms with Gasteiger partial charge in [-0.15, -0.1) is 0 Å². The fraction of sp³-hybridized carbons (Fsp3) is 0.440. The number of rotatable bonds is 6. The van der Waals surface area contributed by atoms with Crippen LogP contribution in [0.1, 0.15) is 73.0 Å². The lowest BCUT2D eigenvalue weighted by Gasteiger charge is -2.37. The third-order valence-corrected chi connectivity index (χ3v) is 5.53. The molecule has 0 radical (unpaired) electrons. The van der Waals surface area contributed by atoms with Crippen LogP contribution in [0.15, 0.2) is 36.4 Å². The van der Waals surface area contributed by atoms with E-state index >= 15 is 0 Å². The average Bonchev–Trinajstić information content (AvgIpc) is 2.62. The third kappa shape index (κ3) is 3.58. The first-order valence-corrected chi connectivity index (χ1v) is 10.3. The van der Waals surface area contributed by atoms with Crippen molar-refractivity contribution in [3.8, 4) is 0 Å². The summed E-state index contributed by atoms with van der Waals surface area (Å²) in [4.78, 5) is 2.63. The van der Waals surface area contributed by atoms with Gasteiger partial charge in [0.05, 0.1) is 6.04 Å². The molecule has 0 fully saturated rings. The molecule has 0 N–H and O–H groups in total. The van der Waals surface area contributed by atoms with E-state index in [0.29, 0.717) is 6.04 Å². The molecule has 0 aromatic heterocycles. The molecule has 1 heterocycles. The summed E-state index contributed by atoms with van der Waals surface area (Å²) < 4.78 is 0. The van der Waals surface area contributed by atoms with Gasteiger partial charge in [-0.3, -0.25) is 0 Å². The average molecular weight is 348 g/mol. The molecular formula is C25H33N. The van der Waals surface area contributed by atoms with Gasteiger partial charge >= 0.3 is 0 Å². The maximum Gasteiger partial charge on any atom is 0.0732 e. The molecule has 0 saturated heterocycles. The van der Waals surface area contributed by atoms with Gasteiger partial charge in [-0.2, -0.15) is 0 Å². The Hall–Kier alpha value is -2.02. The first kappa shape index (κ1) is 18.8. The van der Waals surface area contributed by atoms with Crippen molar-refractivity contribution in [3.63, 3.8) is 0 Å². The first-order chi connectivity index (χ1) is 12.6. The zero-order chi connectivity index (χ0) is 18.7. The number of aryl methyl sites for hydroxylation is 3. The van der Waals surface area contributed by atoms with Gasteiger partial charge in [0, 0.05) is 12.2 Å². The number of nitrogens with zero attached hydrogens (tertiary/aromatic N) is 1. The van der Waals surface area contributed by atoms with Crippen molar-refractivity contribution in [1.82, 2.24) is 0 Å². The Morgan fingerprint density at radius 3 is 2.46 bits per heavy atom. The van der Waals surface area contributed by atoms with Crippen molar-refractivity contribution in [2.45, 2.75) is 66.3 Å². The molecule has 0 saturated carbocycles. The minimum Gasteiger partial charge on any atom is -0.360 e. The van der Waals surface area contributed by atoms with E-state index in [1.807, 2.05) is 0 Å². The maximum atomic E-state index is 2.63. The molecule has 1 unspecified atom stereocenters. The molecule has 138 valence electrons. The summed E-state index contributed by atoms with van der Waals surface area (Å²) in [5.74, 6) is 0. The van der Waals surface area contributed by atoms with Crippen LogP contribution in [0.5, 0.6) is 0 Å². The van der Waals surface area contributed by atoms with E-state index < -0.39 is 0 Å². The van der Waals surface area contributed by atoms with Crippen LogP contribution in [0.4, 0.5) is 5.69 Å². The van der Waals surface area contributed by atoms with Crippen molar-refractivity contribution < 1.29 is 0 Å². The summed E-state index contributed by atoms with van der Waals surface area (Å²) in [5, 5.41) is 0. The normalized spacial score (nSPS) is 16.0. The highest BCUT2D eigenvalue weighted by Gasteiger charge is 2.25. The van der Waals surface area contributed by atoms with Crippen LogP contribution >= 0.6 is 0 Å². The minimum atomic E-state index is 0.341. The highest BCUT2D eigenvalue weighted by Crippen LogP contribution is 2.39. The Kier molecular flexibility index (Phi) is 5.86. The first-order valence-electron chi connectivity index (χ1n) is 10.3. The number of fused-ring (bicyclic) bond motifs is 1. The summed E-state index contributed by atoms with van der Waals surface area (Å²) >= 11 is 0. The van der Waals surface area contributed by atoms with Crippen LogP contribution in [0.25, 0.3) is 6.08 Å². The third-order valence-electron chi connectivity index (χ3n) is 5.53. The fourth-order valence-corrected chi connectivity index (χ4v) is 4.42. The summed E-state index contributed by atoms with van der Waals surface area (Å²) in [6, 6.07) is 12.1. The molecule has 1 aliphatic rings. The molecule has 1 atom stereocenters. The summed E-state index contributed by atoms with van der Waals surface area (Å²) in [5.41, 5.74) is 10.0. The van der Waals surface area contributed by atoms with Gasteiger partial charge in [0.1, 0.15) is 0 Å². The fourth-order valence-electron chi connectivity index (χ4n) is 4.42. The van der Waals surface area contributed by atoms with Gasteiger partial charge < -0.3 is 4.90 Å². The lowest BCUT2D eigenvalue weighted by Crippen LogP contribution is -2.31. The minimum absolute atomic E-state index is 0.341. The Bertz CT molecular complexity index is 800. The monoisotopic (exact) mass is 347 g/mol. The zero-order valence-electron chi connectivity index (χ0n) is 17.1. The number of benzene rings is 2. The lowest BCUT2D eigenvalue weighted by atomic mass is 9.88. The molecule has 3 rings (SSSR count). The van der Waals surface area contributed by atoms with E-state index in [9.17, 15) is 0 Å². The van der Waals surface area contributed by atoms with Crippen LogP contribution in [0.2, 0.25) is 0 Å². The number of hydrogen-bond donors (Lipinski definition) is 0. The van der Waals surface area contributed by atoms with Crippen molar-refractivity contribution in [3.05, 3.63) is 69.8 Å². The molecule has 1 heteroatoms. The molecule has 1 nitrogen and oxygen atoms in total. The van der Waals surface area contributed by atoms with Crippen LogP contribution in [0.3, 0.4) is 0 Å². The quantitative estimate of drug-likeness (QED) is 0.555. The van der Waals surface area contributed by atoms with Gasteiger partial charge in [0.2, 0.25) is 0 Å². The molecule has 26 heavy (non-hydrogen) atoms. The Labute approximate surface area is 159 Å². The second-order valence-corrected chi connectivity index (χ2v) is 7.64. The van der Waals surface area contributed by atoms with E-state index in [2.05, 4.69) is 82.0 Å². The van der Waals surface area contributed by atoms with Crippen molar-refractivity contribution >= 4 is 11.8 Å². The predicted molar refractivity (Wildman–Crippen MR) is 115 cm³/mol.